The Hall–Kier alpha value is -1.76. The van der Waals surface area contributed by atoms with Crippen LogP contribution in [0, 0.1) is 0 Å². The molecule has 22 heavy (non-hydrogen) atoms. The molecule has 0 spiro atoms. The van der Waals surface area contributed by atoms with Crippen LogP contribution in [0.3, 0.4) is 0 Å². The zero-order chi connectivity index (χ0) is 14.9. The van der Waals surface area contributed by atoms with Crippen molar-refractivity contribution in [2.24, 2.45) is 0 Å². The first-order valence-electron chi connectivity index (χ1n) is 8.19. The van der Waals surface area contributed by atoms with Gasteiger partial charge in [0.2, 0.25) is 17.7 Å². The highest BCUT2D eigenvalue weighted by molar-refractivity contribution is 5.00. The molecule has 2 saturated carbocycles. The van der Waals surface area contributed by atoms with E-state index in [-0.39, 0.29) is 0 Å². The minimum atomic E-state index is 0.480. The Morgan fingerprint density at radius 3 is 2.55 bits per heavy atom. The van der Waals surface area contributed by atoms with Gasteiger partial charge in [-0.25, -0.2) is 0 Å². The largest absolute Gasteiger partial charge is 0.424 e. The molecule has 0 amide bonds. The number of hydrogen-bond acceptors (Lipinski definition) is 7. The van der Waals surface area contributed by atoms with Crippen molar-refractivity contribution < 1.29 is 8.94 Å². The van der Waals surface area contributed by atoms with E-state index in [0.717, 1.165) is 24.2 Å². The summed E-state index contributed by atoms with van der Waals surface area (Å²) in [5, 5.41) is 12.4. The van der Waals surface area contributed by atoms with Gasteiger partial charge in [0, 0.05) is 11.8 Å². The summed E-state index contributed by atoms with van der Waals surface area (Å²) in [6.07, 6.45) is 5.96. The second-order valence-electron chi connectivity index (χ2n) is 6.29. The maximum Gasteiger partial charge on any atom is 0.230 e. The standard InChI is InChI=1S/C15H21N5O2/c1-2-20(9-13-17-18-15(21-13)11-6-7-11)8-12-16-14(22-19-12)10-4-3-5-10/h10-11H,2-9H2,1H3. The van der Waals surface area contributed by atoms with Crippen molar-refractivity contribution in [2.75, 3.05) is 6.54 Å². The number of rotatable bonds is 7. The van der Waals surface area contributed by atoms with Gasteiger partial charge in [-0.15, -0.1) is 10.2 Å². The van der Waals surface area contributed by atoms with Gasteiger partial charge in [-0.05, 0) is 32.2 Å². The van der Waals surface area contributed by atoms with Gasteiger partial charge in [0.25, 0.3) is 0 Å². The molecule has 2 fully saturated rings. The monoisotopic (exact) mass is 303 g/mol. The maximum absolute atomic E-state index is 5.72. The SMILES string of the molecule is CCN(Cc1noc(C2CCC2)n1)Cc1nnc(C2CC2)o1. The van der Waals surface area contributed by atoms with Crippen molar-refractivity contribution in [2.45, 2.75) is 64.0 Å². The Labute approximate surface area is 129 Å². The van der Waals surface area contributed by atoms with Crippen LogP contribution < -0.4 is 0 Å². The van der Waals surface area contributed by atoms with E-state index < -0.39 is 0 Å². The molecule has 7 heteroatoms. The van der Waals surface area contributed by atoms with E-state index in [9.17, 15) is 0 Å². The fraction of sp³-hybridized carbons (Fsp3) is 0.733. The van der Waals surface area contributed by atoms with Crippen molar-refractivity contribution in [1.29, 1.82) is 0 Å². The second-order valence-corrected chi connectivity index (χ2v) is 6.29. The van der Waals surface area contributed by atoms with Gasteiger partial charge in [0.15, 0.2) is 5.82 Å². The van der Waals surface area contributed by atoms with Crippen molar-refractivity contribution in [3.8, 4) is 0 Å². The molecule has 0 aromatic carbocycles. The van der Waals surface area contributed by atoms with Gasteiger partial charge in [0.05, 0.1) is 13.1 Å². The van der Waals surface area contributed by atoms with Crippen molar-refractivity contribution >= 4 is 0 Å². The zero-order valence-corrected chi connectivity index (χ0v) is 12.9. The third-order valence-corrected chi connectivity index (χ3v) is 4.52. The van der Waals surface area contributed by atoms with Crippen LogP contribution in [-0.2, 0) is 13.1 Å². The molecule has 2 aliphatic carbocycles. The zero-order valence-electron chi connectivity index (χ0n) is 12.9. The molecule has 0 bridgehead atoms. The minimum Gasteiger partial charge on any atom is -0.424 e. The van der Waals surface area contributed by atoms with Crippen LogP contribution in [0.25, 0.3) is 0 Å². The first kappa shape index (κ1) is 13.9. The molecule has 0 radical (unpaired) electrons. The van der Waals surface area contributed by atoms with E-state index in [1.54, 1.807) is 0 Å². The Morgan fingerprint density at radius 1 is 1.05 bits per heavy atom. The van der Waals surface area contributed by atoms with E-state index in [1.807, 2.05) is 0 Å². The predicted octanol–water partition coefficient (Wildman–Crippen LogP) is 2.62. The van der Waals surface area contributed by atoms with Gasteiger partial charge in [-0.1, -0.05) is 18.5 Å². The molecule has 2 aromatic rings. The summed E-state index contributed by atoms with van der Waals surface area (Å²) >= 11 is 0. The van der Waals surface area contributed by atoms with Gasteiger partial charge in [-0.2, -0.15) is 4.98 Å². The Bertz CT molecular complexity index is 629. The van der Waals surface area contributed by atoms with Gasteiger partial charge in [-0.3, -0.25) is 4.90 Å². The predicted molar refractivity (Wildman–Crippen MR) is 77.0 cm³/mol. The summed E-state index contributed by atoms with van der Waals surface area (Å²) < 4.78 is 11.1. The summed E-state index contributed by atoms with van der Waals surface area (Å²) in [7, 11) is 0. The number of aromatic nitrogens is 4. The second kappa shape index (κ2) is 5.79. The van der Waals surface area contributed by atoms with Crippen LogP contribution >= 0.6 is 0 Å². The van der Waals surface area contributed by atoms with Crippen molar-refractivity contribution in [3.05, 3.63) is 23.5 Å². The third-order valence-electron chi connectivity index (χ3n) is 4.52. The topological polar surface area (TPSA) is 81.1 Å². The van der Waals surface area contributed by atoms with E-state index in [2.05, 4.69) is 32.2 Å². The maximum atomic E-state index is 5.72. The van der Waals surface area contributed by atoms with E-state index in [0.29, 0.717) is 30.8 Å². The summed E-state index contributed by atoms with van der Waals surface area (Å²) in [6, 6.07) is 0. The molecule has 0 unspecified atom stereocenters. The fourth-order valence-corrected chi connectivity index (χ4v) is 2.65. The normalized spacial score (nSPS) is 18.8. The van der Waals surface area contributed by atoms with Gasteiger partial charge >= 0.3 is 0 Å². The molecule has 118 valence electrons. The van der Waals surface area contributed by atoms with E-state index in [1.165, 1.54) is 32.1 Å². The first-order chi connectivity index (χ1) is 10.8. The minimum absolute atomic E-state index is 0.480. The van der Waals surface area contributed by atoms with Crippen LogP contribution in [0.5, 0.6) is 0 Å². The lowest BCUT2D eigenvalue weighted by molar-refractivity contribution is 0.230. The van der Waals surface area contributed by atoms with Crippen LogP contribution in [-0.4, -0.2) is 31.8 Å². The van der Waals surface area contributed by atoms with Crippen molar-refractivity contribution in [1.82, 2.24) is 25.2 Å². The Kier molecular flexibility index (Phi) is 3.65. The quantitative estimate of drug-likeness (QED) is 0.777. The summed E-state index contributed by atoms with van der Waals surface area (Å²) in [5.74, 6) is 3.98. The lowest BCUT2D eigenvalue weighted by Crippen LogP contribution is -2.23. The average molecular weight is 303 g/mol. The third kappa shape index (κ3) is 2.90. The molecule has 2 aliphatic rings. The molecule has 4 rings (SSSR count). The highest BCUT2D eigenvalue weighted by Gasteiger charge is 2.29. The van der Waals surface area contributed by atoms with Crippen molar-refractivity contribution in [3.63, 3.8) is 0 Å². The lowest BCUT2D eigenvalue weighted by atomic mass is 9.85. The van der Waals surface area contributed by atoms with E-state index >= 15 is 0 Å². The molecule has 0 N–H and O–H groups in total. The highest BCUT2D eigenvalue weighted by atomic mass is 16.5. The van der Waals surface area contributed by atoms with Gasteiger partial charge < -0.3 is 8.94 Å². The molecule has 0 aliphatic heterocycles. The first-order valence-corrected chi connectivity index (χ1v) is 8.19. The molecular formula is C15H21N5O2. The number of nitrogens with zero attached hydrogens (tertiary/aromatic N) is 5. The van der Waals surface area contributed by atoms with Crippen LogP contribution in [0.4, 0.5) is 0 Å². The van der Waals surface area contributed by atoms with Crippen LogP contribution in [0.2, 0.25) is 0 Å². The van der Waals surface area contributed by atoms with Gasteiger partial charge in [0.1, 0.15) is 0 Å². The molecule has 0 atom stereocenters. The van der Waals surface area contributed by atoms with Crippen LogP contribution in [0.15, 0.2) is 8.94 Å². The summed E-state index contributed by atoms with van der Waals surface area (Å²) in [6.45, 7) is 4.25. The smallest absolute Gasteiger partial charge is 0.230 e. The molecular weight excluding hydrogens is 282 g/mol. The Morgan fingerprint density at radius 2 is 1.86 bits per heavy atom. The lowest BCUT2D eigenvalue weighted by Gasteiger charge is -2.20. The summed E-state index contributed by atoms with van der Waals surface area (Å²) in [4.78, 5) is 6.70. The number of hydrogen-bond donors (Lipinski definition) is 0. The molecule has 0 saturated heterocycles. The van der Waals surface area contributed by atoms with Crippen LogP contribution in [0.1, 0.15) is 74.4 Å². The van der Waals surface area contributed by atoms with E-state index in [4.69, 9.17) is 8.94 Å². The summed E-state index contributed by atoms with van der Waals surface area (Å²) in [5.41, 5.74) is 0. The molecule has 2 aromatic heterocycles. The fourth-order valence-electron chi connectivity index (χ4n) is 2.65. The molecule has 2 heterocycles. The average Bonchev–Trinajstić information content (AvgIpc) is 3.05. The molecule has 7 nitrogen and oxygen atoms in total. The highest BCUT2D eigenvalue weighted by Crippen LogP contribution is 2.39. The Balaban J connectivity index is 1.37.